The van der Waals surface area contributed by atoms with Gasteiger partial charge in [0, 0.05) is 17.3 Å². The predicted molar refractivity (Wildman–Crippen MR) is 115 cm³/mol. The van der Waals surface area contributed by atoms with Crippen LogP contribution in [0.1, 0.15) is 41.6 Å². The highest BCUT2D eigenvalue weighted by atomic mass is 19.1. The molecular formula is C22H22FN7O2. The Hall–Kier alpha value is -4.08. The fraction of sp³-hybridized carbons (Fsp3) is 0.227. The minimum atomic E-state index is -0.312. The summed E-state index contributed by atoms with van der Waals surface area (Å²) >= 11 is 0. The second-order valence-corrected chi connectivity index (χ2v) is 7.42. The van der Waals surface area contributed by atoms with Crippen LogP contribution < -0.4 is 10.1 Å². The molecule has 0 fully saturated rings. The molecule has 1 amide bonds. The van der Waals surface area contributed by atoms with Gasteiger partial charge in [-0.05, 0) is 48.5 Å². The van der Waals surface area contributed by atoms with E-state index < -0.39 is 0 Å². The van der Waals surface area contributed by atoms with E-state index in [9.17, 15) is 9.18 Å². The van der Waals surface area contributed by atoms with Crippen molar-refractivity contribution in [3.05, 3.63) is 83.7 Å². The van der Waals surface area contributed by atoms with Gasteiger partial charge in [-0.1, -0.05) is 24.3 Å². The molecule has 2 aromatic carbocycles. The molecular weight excluding hydrogens is 413 g/mol. The minimum Gasteiger partial charge on any atom is -0.486 e. The van der Waals surface area contributed by atoms with Crippen LogP contribution in [0.15, 0.2) is 60.9 Å². The van der Waals surface area contributed by atoms with E-state index in [2.05, 4.69) is 25.9 Å². The van der Waals surface area contributed by atoms with E-state index in [1.54, 1.807) is 58.0 Å². The largest absolute Gasteiger partial charge is 0.486 e. The fourth-order valence-electron chi connectivity index (χ4n) is 3.10. The summed E-state index contributed by atoms with van der Waals surface area (Å²) in [5.41, 5.74) is 1.45. The first-order valence-electron chi connectivity index (χ1n) is 10.1. The highest BCUT2D eigenvalue weighted by Gasteiger charge is 2.12. The van der Waals surface area contributed by atoms with Crippen LogP contribution in [0.4, 0.5) is 10.1 Å². The van der Waals surface area contributed by atoms with Gasteiger partial charge < -0.3 is 10.1 Å². The Kier molecular flexibility index (Phi) is 6.20. The molecule has 0 radical (unpaired) electrons. The number of carbonyl (C=O) groups is 1. The van der Waals surface area contributed by atoms with Gasteiger partial charge in [0.2, 0.25) is 0 Å². The summed E-state index contributed by atoms with van der Waals surface area (Å²) in [4.78, 5) is 12.7. The van der Waals surface area contributed by atoms with Gasteiger partial charge in [-0.2, -0.15) is 5.10 Å². The zero-order valence-corrected chi connectivity index (χ0v) is 17.6. The van der Waals surface area contributed by atoms with Gasteiger partial charge in [-0.3, -0.25) is 9.48 Å². The van der Waals surface area contributed by atoms with Crippen molar-refractivity contribution >= 4 is 11.6 Å². The van der Waals surface area contributed by atoms with Crippen LogP contribution >= 0.6 is 0 Å². The summed E-state index contributed by atoms with van der Waals surface area (Å²) in [7, 11) is 0. The maximum atomic E-state index is 13.8. The van der Waals surface area contributed by atoms with E-state index in [0.29, 0.717) is 28.4 Å². The summed E-state index contributed by atoms with van der Waals surface area (Å²) < 4.78 is 22.8. The van der Waals surface area contributed by atoms with Gasteiger partial charge >= 0.3 is 0 Å². The molecule has 4 aromatic rings. The number of nitrogens with zero attached hydrogens (tertiary/aromatic N) is 6. The van der Waals surface area contributed by atoms with Crippen LogP contribution in [0.25, 0.3) is 0 Å². The van der Waals surface area contributed by atoms with Gasteiger partial charge in [0.15, 0.2) is 5.82 Å². The van der Waals surface area contributed by atoms with Gasteiger partial charge in [0.05, 0.1) is 24.5 Å². The smallest absolute Gasteiger partial charge is 0.255 e. The number of hydrogen-bond acceptors (Lipinski definition) is 6. The topological polar surface area (TPSA) is 99.8 Å². The van der Waals surface area contributed by atoms with E-state index in [0.717, 1.165) is 0 Å². The van der Waals surface area contributed by atoms with Crippen molar-refractivity contribution in [2.24, 2.45) is 0 Å². The summed E-state index contributed by atoms with van der Waals surface area (Å²) in [6.07, 6.45) is 3.17. The number of amides is 1. The highest BCUT2D eigenvalue weighted by molar-refractivity contribution is 6.04. The third-order valence-corrected chi connectivity index (χ3v) is 4.70. The number of ether oxygens (including phenoxy) is 1. The van der Waals surface area contributed by atoms with Crippen LogP contribution in [0, 0.1) is 5.82 Å². The fourth-order valence-corrected chi connectivity index (χ4v) is 3.10. The van der Waals surface area contributed by atoms with Crippen molar-refractivity contribution in [3.8, 4) is 5.75 Å². The number of nitrogens with one attached hydrogen (secondary N) is 1. The second kappa shape index (κ2) is 9.38. The van der Waals surface area contributed by atoms with Gasteiger partial charge in [0.25, 0.3) is 5.91 Å². The molecule has 0 spiro atoms. The lowest BCUT2D eigenvalue weighted by molar-refractivity contribution is 0.102. The van der Waals surface area contributed by atoms with Crippen molar-refractivity contribution < 1.29 is 13.9 Å². The maximum Gasteiger partial charge on any atom is 0.255 e. The van der Waals surface area contributed by atoms with Crippen LogP contribution in [-0.2, 0) is 13.2 Å². The molecule has 164 valence electrons. The lowest BCUT2D eigenvalue weighted by atomic mass is 10.2. The maximum absolute atomic E-state index is 13.8. The quantitative estimate of drug-likeness (QED) is 0.455. The molecule has 0 aliphatic heterocycles. The third kappa shape index (κ3) is 4.97. The van der Waals surface area contributed by atoms with Crippen molar-refractivity contribution in [1.29, 1.82) is 0 Å². The zero-order chi connectivity index (χ0) is 22.5. The Bertz CT molecular complexity index is 1220. The van der Waals surface area contributed by atoms with Crippen LogP contribution in [0.2, 0.25) is 0 Å². The van der Waals surface area contributed by atoms with Crippen molar-refractivity contribution in [3.63, 3.8) is 0 Å². The summed E-state index contributed by atoms with van der Waals surface area (Å²) in [6.45, 7) is 4.40. The Morgan fingerprint density at radius 3 is 2.84 bits per heavy atom. The molecule has 2 aromatic heterocycles. The van der Waals surface area contributed by atoms with E-state index in [4.69, 9.17) is 4.74 Å². The molecule has 32 heavy (non-hydrogen) atoms. The first-order valence-corrected chi connectivity index (χ1v) is 10.1. The molecule has 10 heteroatoms. The van der Waals surface area contributed by atoms with E-state index >= 15 is 0 Å². The number of benzene rings is 2. The zero-order valence-electron chi connectivity index (χ0n) is 17.6. The Morgan fingerprint density at radius 1 is 1.19 bits per heavy atom. The SMILES string of the molecule is CC(C)n1nnnc1COc1cccc(C(=O)Nc2cnn(Cc3ccccc3F)c2)c1. The van der Waals surface area contributed by atoms with Crippen LogP contribution in [0.3, 0.4) is 0 Å². The molecule has 0 saturated heterocycles. The molecule has 2 heterocycles. The number of anilines is 1. The number of hydrogen-bond donors (Lipinski definition) is 1. The first kappa shape index (κ1) is 21.2. The van der Waals surface area contributed by atoms with Crippen LogP contribution in [0.5, 0.6) is 5.75 Å². The number of rotatable bonds is 8. The van der Waals surface area contributed by atoms with E-state index in [1.807, 2.05) is 13.8 Å². The number of halogens is 1. The predicted octanol–water partition coefficient (Wildman–Crippen LogP) is 3.47. The molecule has 0 unspecified atom stereocenters. The van der Waals surface area contributed by atoms with Gasteiger partial charge in [-0.25, -0.2) is 9.07 Å². The van der Waals surface area contributed by atoms with Crippen LogP contribution in [-0.4, -0.2) is 35.9 Å². The Balaban J connectivity index is 1.38. The number of aromatic nitrogens is 6. The molecule has 4 rings (SSSR count). The Morgan fingerprint density at radius 2 is 2.03 bits per heavy atom. The summed E-state index contributed by atoms with van der Waals surface area (Å²) in [6, 6.07) is 13.4. The lowest BCUT2D eigenvalue weighted by Crippen LogP contribution is -2.12. The Labute approximate surface area is 183 Å². The van der Waals surface area contributed by atoms with Crippen molar-refractivity contribution in [1.82, 2.24) is 30.0 Å². The standard InChI is InChI=1S/C22H22FN7O2/c1-15(2)30-21(26-27-28-30)14-32-19-8-5-7-16(10-19)22(31)25-18-11-24-29(13-18)12-17-6-3-4-9-20(17)23/h3-11,13,15H,12,14H2,1-2H3,(H,25,31). The molecule has 0 atom stereocenters. The molecule has 0 saturated carbocycles. The third-order valence-electron chi connectivity index (χ3n) is 4.70. The average Bonchev–Trinajstić information content (AvgIpc) is 3.43. The second-order valence-electron chi connectivity index (χ2n) is 7.42. The number of carbonyl (C=O) groups excluding carboxylic acids is 1. The first-order chi connectivity index (χ1) is 15.5. The van der Waals surface area contributed by atoms with Crippen molar-refractivity contribution in [2.45, 2.75) is 33.0 Å². The van der Waals surface area contributed by atoms with Gasteiger partial charge in [-0.15, -0.1) is 5.10 Å². The van der Waals surface area contributed by atoms with E-state index in [-0.39, 0.29) is 30.9 Å². The molecule has 0 aliphatic carbocycles. The minimum absolute atomic E-state index is 0.111. The average molecular weight is 435 g/mol. The molecule has 0 aliphatic rings. The highest BCUT2D eigenvalue weighted by Crippen LogP contribution is 2.17. The molecule has 9 nitrogen and oxygen atoms in total. The van der Waals surface area contributed by atoms with E-state index in [1.165, 1.54) is 12.3 Å². The monoisotopic (exact) mass is 435 g/mol. The molecule has 1 N–H and O–H groups in total. The normalized spacial score (nSPS) is 11.0. The number of tetrazole rings is 1. The summed E-state index contributed by atoms with van der Waals surface area (Å²) in [5.74, 6) is 0.504. The van der Waals surface area contributed by atoms with Crippen molar-refractivity contribution in [2.75, 3.05) is 5.32 Å². The van der Waals surface area contributed by atoms with Gasteiger partial charge in [0.1, 0.15) is 18.2 Å². The molecule has 0 bridgehead atoms. The summed E-state index contributed by atoms with van der Waals surface area (Å²) in [5, 5.41) is 18.6. The lowest BCUT2D eigenvalue weighted by Gasteiger charge is -2.10.